The van der Waals surface area contributed by atoms with Crippen molar-refractivity contribution in [2.45, 2.75) is 24.9 Å². The van der Waals surface area contributed by atoms with Crippen molar-refractivity contribution < 1.29 is 27.1 Å². The maximum absolute atomic E-state index is 13.4. The maximum Gasteiger partial charge on any atom is 0.416 e. The molecule has 8 nitrogen and oxygen atoms in total. The number of rotatable bonds is 6. The van der Waals surface area contributed by atoms with Crippen LogP contribution >= 0.6 is 0 Å². The van der Waals surface area contributed by atoms with E-state index >= 15 is 0 Å². The van der Waals surface area contributed by atoms with Crippen LogP contribution in [0.15, 0.2) is 71.3 Å². The summed E-state index contributed by atoms with van der Waals surface area (Å²) < 4.78 is 50.6. The molecule has 1 aliphatic carbocycles. The van der Waals surface area contributed by atoms with Crippen LogP contribution in [0.5, 0.6) is 5.75 Å². The van der Waals surface area contributed by atoms with Crippen LogP contribution in [0.25, 0.3) is 0 Å². The maximum atomic E-state index is 13.4. The average molecular weight is 564 g/mol. The van der Waals surface area contributed by atoms with Crippen molar-refractivity contribution in [1.82, 2.24) is 9.97 Å². The van der Waals surface area contributed by atoms with Gasteiger partial charge in [0.05, 0.1) is 30.2 Å². The Morgan fingerprint density at radius 2 is 1.71 bits per heavy atom. The number of carbonyl (C=O) groups is 1. The summed E-state index contributed by atoms with van der Waals surface area (Å²) in [6.45, 7) is 2.01. The Balaban J connectivity index is 1.28. The number of nitrogens with zero attached hydrogens (tertiary/aromatic N) is 4. The molecule has 1 atom stereocenters. The van der Waals surface area contributed by atoms with Gasteiger partial charge in [0.2, 0.25) is 5.95 Å². The number of anilines is 4. The van der Waals surface area contributed by atoms with Crippen LogP contribution in [-0.4, -0.2) is 49.0 Å². The summed E-state index contributed by atoms with van der Waals surface area (Å²) in [4.78, 5) is 27.0. The van der Waals surface area contributed by atoms with Crippen molar-refractivity contribution in [2.24, 2.45) is 0 Å². The van der Waals surface area contributed by atoms with Gasteiger partial charge in [-0.05, 0) is 54.6 Å². The first-order valence-corrected chi connectivity index (χ1v) is 13.3. The van der Waals surface area contributed by atoms with Crippen LogP contribution in [0.1, 0.15) is 39.7 Å². The third-order valence-electron chi connectivity index (χ3n) is 7.52. The van der Waals surface area contributed by atoms with Gasteiger partial charge in [-0.1, -0.05) is 6.07 Å². The van der Waals surface area contributed by atoms with Crippen molar-refractivity contribution in [3.63, 3.8) is 0 Å². The molecule has 1 unspecified atom stereocenters. The molecule has 4 aromatic rings. The molecule has 11 heteroatoms. The van der Waals surface area contributed by atoms with Crippen LogP contribution < -0.4 is 19.9 Å². The summed E-state index contributed by atoms with van der Waals surface area (Å²) in [6.07, 6.45) is -1.99. The lowest BCUT2D eigenvalue weighted by Gasteiger charge is -2.37. The molecule has 212 valence electrons. The minimum absolute atomic E-state index is 0.0652. The Bertz CT molecular complexity index is 1530. The smallest absolute Gasteiger partial charge is 0.416 e. The van der Waals surface area contributed by atoms with E-state index in [-0.39, 0.29) is 18.1 Å². The number of hydrogen-bond acceptors (Lipinski definition) is 8. The summed E-state index contributed by atoms with van der Waals surface area (Å²) in [6, 6.07) is 16.4. The quantitative estimate of drug-likeness (QED) is 0.302. The number of hydrogen-bond donors (Lipinski definition) is 1. The molecule has 0 radical (unpaired) electrons. The second-order valence-corrected chi connectivity index (χ2v) is 10.1. The van der Waals surface area contributed by atoms with Crippen LogP contribution in [0, 0.1) is 0 Å². The number of alkyl halides is 3. The molecule has 1 N–H and O–H groups in total. The number of piperazine rings is 1. The molecule has 2 aliphatic rings. The molecule has 1 saturated heterocycles. The summed E-state index contributed by atoms with van der Waals surface area (Å²) in [5.41, 5.74) is 1.71. The van der Waals surface area contributed by atoms with Crippen LogP contribution in [0.3, 0.4) is 0 Å². The zero-order valence-electron chi connectivity index (χ0n) is 22.3. The van der Waals surface area contributed by atoms with Crippen molar-refractivity contribution in [3.8, 4) is 5.75 Å². The number of halogens is 3. The highest BCUT2D eigenvalue weighted by Gasteiger charge is 2.34. The fourth-order valence-corrected chi connectivity index (χ4v) is 5.38. The topological polar surface area (TPSA) is 83.7 Å². The molecule has 1 aliphatic heterocycles. The Kier molecular flexibility index (Phi) is 7.02. The van der Waals surface area contributed by atoms with Gasteiger partial charge in [-0.15, -0.1) is 0 Å². The van der Waals surface area contributed by atoms with E-state index in [1.165, 1.54) is 12.1 Å². The number of carbonyl (C=O) groups excluding carboxylic acids is 1. The highest BCUT2D eigenvalue weighted by Crippen LogP contribution is 2.37. The van der Waals surface area contributed by atoms with E-state index in [4.69, 9.17) is 19.1 Å². The lowest BCUT2D eigenvalue weighted by atomic mass is 9.84. The third kappa shape index (κ3) is 5.57. The largest absolute Gasteiger partial charge is 0.497 e. The fraction of sp³-hybridized carbons (Fsp3) is 0.300. The highest BCUT2D eigenvalue weighted by atomic mass is 19.4. The van der Waals surface area contributed by atoms with Crippen molar-refractivity contribution >= 4 is 28.9 Å². The number of ketones is 1. The number of aromatic nitrogens is 2. The summed E-state index contributed by atoms with van der Waals surface area (Å²) in [5.74, 6) is 2.15. The monoisotopic (exact) mass is 563 g/mol. The van der Waals surface area contributed by atoms with E-state index < -0.39 is 11.7 Å². The molecule has 0 saturated carbocycles. The lowest BCUT2D eigenvalue weighted by Crippen LogP contribution is -2.47. The zero-order valence-corrected chi connectivity index (χ0v) is 22.3. The molecule has 3 heterocycles. The van der Waals surface area contributed by atoms with E-state index in [0.717, 1.165) is 17.5 Å². The third-order valence-corrected chi connectivity index (χ3v) is 7.52. The van der Waals surface area contributed by atoms with Crippen molar-refractivity contribution in [1.29, 1.82) is 0 Å². The van der Waals surface area contributed by atoms with Gasteiger partial charge in [0.15, 0.2) is 5.78 Å². The molecular formula is C30H28F3N5O3. The molecule has 0 amide bonds. The van der Waals surface area contributed by atoms with E-state index in [9.17, 15) is 18.0 Å². The Hall–Kier alpha value is -4.54. The number of Topliss-reactive ketones (excluding diaryl/α,β-unsaturated/α-hetero) is 1. The number of benzene rings is 2. The van der Waals surface area contributed by atoms with E-state index in [2.05, 4.69) is 5.32 Å². The van der Waals surface area contributed by atoms with Gasteiger partial charge < -0.3 is 24.3 Å². The van der Waals surface area contributed by atoms with Gasteiger partial charge in [-0.25, -0.2) is 4.98 Å². The number of furan rings is 1. The predicted octanol–water partition coefficient (Wildman–Crippen LogP) is 6.08. The standard InChI is InChI=1S/C30H28F3N5O3/c1-40-23-9-7-21(8-10-23)34-28-27-24(16-19(17-25(27)39)26-6-3-15-41-26)35-29(36-28)38-13-11-37(12-14-38)22-5-2-4-20(18-22)30(31,32)33/h2-10,15,18-19H,11-14,16-17H2,1H3,(H,34,35,36). The second-order valence-electron chi connectivity index (χ2n) is 10.1. The highest BCUT2D eigenvalue weighted by molar-refractivity contribution is 6.03. The zero-order chi connectivity index (χ0) is 28.6. The predicted molar refractivity (Wildman–Crippen MR) is 148 cm³/mol. The number of nitrogens with one attached hydrogen (secondary N) is 1. The lowest BCUT2D eigenvalue weighted by molar-refractivity contribution is -0.137. The molecule has 6 rings (SSSR count). The summed E-state index contributed by atoms with van der Waals surface area (Å²) >= 11 is 0. The van der Waals surface area contributed by atoms with E-state index in [0.29, 0.717) is 67.1 Å². The normalized spacial score (nSPS) is 17.4. The average Bonchev–Trinajstić information content (AvgIpc) is 3.52. The van der Waals surface area contributed by atoms with Crippen LogP contribution in [0.2, 0.25) is 0 Å². The summed E-state index contributed by atoms with van der Waals surface area (Å²) in [5, 5.41) is 3.30. The van der Waals surface area contributed by atoms with Gasteiger partial charge in [0.1, 0.15) is 17.3 Å². The van der Waals surface area contributed by atoms with Crippen molar-refractivity contribution in [2.75, 3.05) is 48.4 Å². The SMILES string of the molecule is COc1ccc(Nc2nc(N3CCN(c4cccc(C(F)(F)F)c4)CC3)nc3c2C(=O)CC(c2ccco2)C3)cc1. The first-order chi connectivity index (χ1) is 19.8. The van der Waals surface area contributed by atoms with Crippen molar-refractivity contribution in [3.05, 3.63) is 89.5 Å². The van der Waals surface area contributed by atoms with Gasteiger partial charge >= 0.3 is 6.18 Å². The molecule has 0 bridgehead atoms. The molecule has 1 fully saturated rings. The molecule has 2 aromatic heterocycles. The summed E-state index contributed by atoms with van der Waals surface area (Å²) in [7, 11) is 1.59. The Labute approximate surface area is 234 Å². The van der Waals surface area contributed by atoms with E-state index in [1.807, 2.05) is 40.1 Å². The Morgan fingerprint density at radius 3 is 2.39 bits per heavy atom. The van der Waals surface area contributed by atoms with Crippen LogP contribution in [0.4, 0.5) is 36.3 Å². The molecule has 0 spiro atoms. The molecule has 41 heavy (non-hydrogen) atoms. The number of fused-ring (bicyclic) bond motifs is 1. The first-order valence-electron chi connectivity index (χ1n) is 13.3. The van der Waals surface area contributed by atoms with Gasteiger partial charge in [0.25, 0.3) is 0 Å². The van der Waals surface area contributed by atoms with Gasteiger partial charge in [0, 0.05) is 56.3 Å². The van der Waals surface area contributed by atoms with Gasteiger partial charge in [-0.2, -0.15) is 18.2 Å². The minimum atomic E-state index is -4.40. The van der Waals surface area contributed by atoms with Gasteiger partial charge in [-0.3, -0.25) is 4.79 Å². The Morgan fingerprint density at radius 1 is 0.951 bits per heavy atom. The number of ether oxygens (including phenoxy) is 1. The fourth-order valence-electron chi connectivity index (χ4n) is 5.38. The first kappa shape index (κ1) is 26.7. The minimum Gasteiger partial charge on any atom is -0.497 e. The second kappa shape index (κ2) is 10.8. The van der Waals surface area contributed by atoms with Crippen LogP contribution in [-0.2, 0) is 12.6 Å². The number of methoxy groups -OCH3 is 1. The van der Waals surface area contributed by atoms with E-state index in [1.54, 1.807) is 25.5 Å². The molecule has 2 aromatic carbocycles. The molecular weight excluding hydrogens is 535 g/mol.